The molecule has 0 radical (unpaired) electrons. The molecule has 1 saturated heterocycles. The van der Waals surface area contributed by atoms with Crippen molar-refractivity contribution >= 4 is 46.0 Å². The molecule has 2 rings (SSSR count). The standard InChI is InChI=1S/C22H32ClIN4O2/c1-4-15(14(2)3)13-28-10-8-17(27-20(7-9-25)22(28)30)12-26-21(29)16-5-6-18(23)19(24)11-16/h5-6,11,15,17,20,27H,2,4,7-10,12-13,25H2,1,3H3,(H,26,29)/t15?,17-,20-/m0/s1. The van der Waals surface area contributed by atoms with Crippen LogP contribution in [0.1, 0.15) is 43.5 Å². The number of hydrogen-bond acceptors (Lipinski definition) is 4. The maximum atomic E-state index is 13.1. The van der Waals surface area contributed by atoms with Gasteiger partial charge in [-0.3, -0.25) is 9.59 Å². The lowest BCUT2D eigenvalue weighted by atomic mass is 9.98. The molecule has 1 fully saturated rings. The fourth-order valence-corrected chi connectivity index (χ4v) is 4.28. The van der Waals surface area contributed by atoms with Crippen molar-refractivity contribution in [2.75, 3.05) is 26.2 Å². The number of nitrogens with zero attached hydrogens (tertiary/aromatic N) is 1. The van der Waals surface area contributed by atoms with E-state index >= 15 is 0 Å². The summed E-state index contributed by atoms with van der Waals surface area (Å²) in [4.78, 5) is 27.5. The zero-order chi connectivity index (χ0) is 22.3. The number of benzene rings is 1. The summed E-state index contributed by atoms with van der Waals surface area (Å²) < 4.78 is 0.835. The van der Waals surface area contributed by atoms with Gasteiger partial charge in [0, 0.05) is 34.8 Å². The van der Waals surface area contributed by atoms with Crippen LogP contribution in [0, 0.1) is 9.49 Å². The van der Waals surface area contributed by atoms with Crippen LogP contribution in [0.3, 0.4) is 0 Å². The number of carbonyl (C=O) groups excluding carboxylic acids is 2. The minimum Gasteiger partial charge on any atom is -0.350 e. The minimum absolute atomic E-state index is 0.00396. The summed E-state index contributed by atoms with van der Waals surface area (Å²) in [6.45, 7) is 10.4. The average Bonchev–Trinajstić information content (AvgIpc) is 2.85. The highest BCUT2D eigenvalue weighted by Gasteiger charge is 2.31. The maximum Gasteiger partial charge on any atom is 0.251 e. The van der Waals surface area contributed by atoms with Crippen LogP contribution in [0.15, 0.2) is 30.4 Å². The molecule has 0 aromatic heterocycles. The second-order valence-electron chi connectivity index (χ2n) is 7.86. The molecule has 1 heterocycles. The Morgan fingerprint density at radius 1 is 1.50 bits per heavy atom. The number of halogens is 2. The van der Waals surface area contributed by atoms with Crippen LogP contribution < -0.4 is 16.4 Å². The molecule has 166 valence electrons. The molecule has 30 heavy (non-hydrogen) atoms. The van der Waals surface area contributed by atoms with E-state index in [0.717, 1.165) is 22.0 Å². The lowest BCUT2D eigenvalue weighted by Crippen LogP contribution is -2.50. The number of amides is 2. The summed E-state index contributed by atoms with van der Waals surface area (Å²) in [6.07, 6.45) is 2.28. The summed E-state index contributed by atoms with van der Waals surface area (Å²) in [5, 5.41) is 7.02. The van der Waals surface area contributed by atoms with E-state index < -0.39 is 0 Å². The van der Waals surface area contributed by atoms with Crippen molar-refractivity contribution in [1.29, 1.82) is 0 Å². The van der Waals surface area contributed by atoms with Crippen LogP contribution in [0.5, 0.6) is 0 Å². The van der Waals surface area contributed by atoms with Gasteiger partial charge in [-0.15, -0.1) is 0 Å². The van der Waals surface area contributed by atoms with Gasteiger partial charge in [-0.05, 0) is 79.4 Å². The SMILES string of the molecule is C=C(C)C(CC)CN1CC[C@@H](CNC(=O)c2ccc(Cl)c(I)c2)N[C@@H](CCN)C1=O. The van der Waals surface area contributed by atoms with Gasteiger partial charge in [-0.25, -0.2) is 0 Å². The molecule has 1 aliphatic rings. The molecule has 0 saturated carbocycles. The zero-order valence-corrected chi connectivity index (χ0v) is 20.6. The summed E-state index contributed by atoms with van der Waals surface area (Å²) in [5.74, 6) is 0.222. The second-order valence-corrected chi connectivity index (χ2v) is 9.43. The van der Waals surface area contributed by atoms with Crippen LogP contribution in [0.4, 0.5) is 0 Å². The van der Waals surface area contributed by atoms with E-state index in [-0.39, 0.29) is 29.8 Å². The molecular weight excluding hydrogens is 515 g/mol. The molecule has 0 aliphatic carbocycles. The van der Waals surface area contributed by atoms with Gasteiger partial charge in [0.25, 0.3) is 5.91 Å². The van der Waals surface area contributed by atoms with Crippen LogP contribution >= 0.6 is 34.2 Å². The molecule has 8 heteroatoms. The summed E-state index contributed by atoms with van der Waals surface area (Å²) >= 11 is 8.15. The lowest BCUT2D eigenvalue weighted by molar-refractivity contribution is -0.133. The van der Waals surface area contributed by atoms with Gasteiger partial charge in [-0.2, -0.15) is 0 Å². The van der Waals surface area contributed by atoms with Gasteiger partial charge < -0.3 is 21.3 Å². The third-order valence-electron chi connectivity index (χ3n) is 5.57. The number of carbonyl (C=O) groups is 2. The average molecular weight is 547 g/mol. The van der Waals surface area contributed by atoms with E-state index in [1.54, 1.807) is 18.2 Å². The Morgan fingerprint density at radius 3 is 2.83 bits per heavy atom. The Morgan fingerprint density at radius 2 is 2.23 bits per heavy atom. The predicted molar refractivity (Wildman–Crippen MR) is 131 cm³/mol. The van der Waals surface area contributed by atoms with Gasteiger partial charge in [0.2, 0.25) is 5.91 Å². The van der Waals surface area contributed by atoms with Gasteiger partial charge >= 0.3 is 0 Å². The van der Waals surface area contributed by atoms with Crippen LogP contribution in [-0.2, 0) is 4.79 Å². The van der Waals surface area contributed by atoms with Crippen molar-refractivity contribution in [2.45, 2.75) is 45.2 Å². The Balaban J connectivity index is 2.03. The number of nitrogens with two attached hydrogens (primary N) is 1. The van der Waals surface area contributed by atoms with Crippen LogP contribution in [0.25, 0.3) is 0 Å². The molecule has 6 nitrogen and oxygen atoms in total. The summed E-state index contributed by atoms with van der Waals surface area (Å²) in [7, 11) is 0. The fraction of sp³-hybridized carbons (Fsp3) is 0.545. The van der Waals surface area contributed by atoms with E-state index in [2.05, 4.69) is 46.7 Å². The quantitative estimate of drug-likeness (QED) is 0.328. The summed E-state index contributed by atoms with van der Waals surface area (Å²) in [6, 6.07) is 4.87. The molecule has 2 amide bonds. The summed E-state index contributed by atoms with van der Waals surface area (Å²) in [5.41, 5.74) is 7.42. The predicted octanol–water partition coefficient (Wildman–Crippen LogP) is 3.18. The fourth-order valence-electron chi connectivity index (χ4n) is 3.65. The molecule has 0 bridgehead atoms. The Hall–Kier alpha value is -1.16. The first-order chi connectivity index (χ1) is 14.3. The number of rotatable bonds is 9. The molecular formula is C22H32ClIN4O2. The second kappa shape index (κ2) is 12.0. The molecule has 0 spiro atoms. The van der Waals surface area contributed by atoms with Gasteiger partial charge in [-0.1, -0.05) is 30.7 Å². The molecule has 4 N–H and O–H groups in total. The number of hydrogen-bond donors (Lipinski definition) is 3. The highest BCUT2D eigenvalue weighted by molar-refractivity contribution is 14.1. The topological polar surface area (TPSA) is 87.5 Å². The van der Waals surface area contributed by atoms with Gasteiger partial charge in [0.15, 0.2) is 0 Å². The van der Waals surface area contributed by atoms with Crippen molar-refractivity contribution in [3.05, 3.63) is 44.5 Å². The number of nitrogens with one attached hydrogen (secondary N) is 2. The third-order valence-corrected chi connectivity index (χ3v) is 7.11. The van der Waals surface area contributed by atoms with Crippen molar-refractivity contribution in [2.24, 2.45) is 11.7 Å². The highest BCUT2D eigenvalue weighted by Crippen LogP contribution is 2.20. The van der Waals surface area contributed by atoms with Crippen molar-refractivity contribution in [1.82, 2.24) is 15.5 Å². The van der Waals surface area contributed by atoms with E-state index in [9.17, 15) is 9.59 Å². The van der Waals surface area contributed by atoms with E-state index in [1.807, 2.05) is 11.8 Å². The largest absolute Gasteiger partial charge is 0.350 e. The monoisotopic (exact) mass is 546 g/mol. The third kappa shape index (κ3) is 6.93. The van der Waals surface area contributed by atoms with E-state index in [4.69, 9.17) is 17.3 Å². The Bertz CT molecular complexity index is 774. The Labute approximate surface area is 198 Å². The first kappa shape index (κ1) is 25.1. The van der Waals surface area contributed by atoms with Crippen molar-refractivity contribution < 1.29 is 9.59 Å². The Kier molecular flexibility index (Phi) is 10.1. The smallest absolute Gasteiger partial charge is 0.251 e. The molecule has 1 unspecified atom stereocenters. The lowest BCUT2D eigenvalue weighted by Gasteiger charge is -2.28. The first-order valence-corrected chi connectivity index (χ1v) is 11.9. The molecule has 1 aromatic carbocycles. The van der Waals surface area contributed by atoms with Gasteiger partial charge in [0.05, 0.1) is 11.1 Å². The van der Waals surface area contributed by atoms with Crippen molar-refractivity contribution in [3.8, 4) is 0 Å². The van der Waals surface area contributed by atoms with E-state index in [1.165, 1.54) is 0 Å². The van der Waals surface area contributed by atoms with Crippen LogP contribution in [-0.4, -0.2) is 55.0 Å². The maximum absolute atomic E-state index is 13.1. The molecule has 1 aliphatic heterocycles. The normalized spacial score (nSPS) is 20.6. The zero-order valence-electron chi connectivity index (χ0n) is 17.7. The molecule has 1 aromatic rings. The molecule has 3 atom stereocenters. The first-order valence-electron chi connectivity index (χ1n) is 10.4. The van der Waals surface area contributed by atoms with Gasteiger partial charge in [0.1, 0.15) is 0 Å². The highest BCUT2D eigenvalue weighted by atomic mass is 127. The van der Waals surface area contributed by atoms with Crippen LogP contribution in [0.2, 0.25) is 5.02 Å². The van der Waals surface area contributed by atoms with E-state index in [0.29, 0.717) is 43.2 Å². The minimum atomic E-state index is -0.335. The van der Waals surface area contributed by atoms with Crippen molar-refractivity contribution in [3.63, 3.8) is 0 Å².